The molecule has 1 amide bonds. The second kappa shape index (κ2) is 6.46. The Morgan fingerprint density at radius 2 is 2.09 bits per heavy atom. The Balaban J connectivity index is 1.70. The van der Waals surface area contributed by atoms with E-state index in [1.807, 2.05) is 23.1 Å². The molecule has 6 heteroatoms. The van der Waals surface area contributed by atoms with Crippen LogP contribution in [0, 0.1) is 0 Å². The Morgan fingerprint density at radius 1 is 1.32 bits per heavy atom. The van der Waals surface area contributed by atoms with Gasteiger partial charge in [0.15, 0.2) is 0 Å². The van der Waals surface area contributed by atoms with Crippen molar-refractivity contribution >= 4 is 17.2 Å². The summed E-state index contributed by atoms with van der Waals surface area (Å²) in [5.74, 6) is -0.0792. The highest BCUT2D eigenvalue weighted by Crippen LogP contribution is 2.15. The second-order valence-electron chi connectivity index (χ2n) is 5.64. The number of amides is 1. The molecule has 0 saturated carbocycles. The van der Waals surface area contributed by atoms with Crippen molar-refractivity contribution in [1.29, 1.82) is 0 Å². The highest BCUT2D eigenvalue weighted by atomic mass is 32.1. The van der Waals surface area contributed by atoms with Crippen molar-refractivity contribution in [3.05, 3.63) is 56.6 Å². The van der Waals surface area contributed by atoms with Gasteiger partial charge in [-0.2, -0.15) is 0 Å². The molecule has 1 fully saturated rings. The summed E-state index contributed by atoms with van der Waals surface area (Å²) in [6, 6.07) is 10.6. The first-order valence-corrected chi connectivity index (χ1v) is 8.22. The number of hydrogen-bond donors (Lipinski definition) is 1. The quantitative estimate of drug-likeness (QED) is 0.932. The molecule has 0 bridgehead atoms. The van der Waals surface area contributed by atoms with Crippen LogP contribution in [-0.4, -0.2) is 53.4 Å². The first kappa shape index (κ1) is 15.0. The average molecular weight is 317 g/mol. The van der Waals surface area contributed by atoms with E-state index in [0.717, 1.165) is 24.3 Å². The van der Waals surface area contributed by atoms with Crippen LogP contribution in [-0.2, 0) is 6.42 Å². The van der Waals surface area contributed by atoms with Crippen LogP contribution < -0.4 is 4.87 Å². The van der Waals surface area contributed by atoms with Crippen LogP contribution in [0.3, 0.4) is 0 Å². The van der Waals surface area contributed by atoms with Gasteiger partial charge in [-0.05, 0) is 19.0 Å². The fourth-order valence-corrected chi connectivity index (χ4v) is 3.35. The Bertz CT molecular complexity index is 695. The minimum Gasteiger partial charge on any atom is -0.334 e. The van der Waals surface area contributed by atoms with Gasteiger partial charge in [-0.1, -0.05) is 41.7 Å². The van der Waals surface area contributed by atoms with E-state index >= 15 is 0 Å². The van der Waals surface area contributed by atoms with Crippen LogP contribution in [0.5, 0.6) is 0 Å². The minimum absolute atomic E-state index is 0.0792. The van der Waals surface area contributed by atoms with Crippen LogP contribution in [0.25, 0.3) is 0 Å². The summed E-state index contributed by atoms with van der Waals surface area (Å²) in [6.07, 6.45) is 0.918. The van der Waals surface area contributed by atoms with E-state index in [1.54, 1.807) is 5.38 Å². The molecule has 1 aliphatic heterocycles. The number of piperazine rings is 1. The van der Waals surface area contributed by atoms with Gasteiger partial charge in [0.1, 0.15) is 5.69 Å². The average Bonchev–Trinajstić information content (AvgIpc) is 2.96. The fourth-order valence-electron chi connectivity index (χ4n) is 2.79. The Hall–Kier alpha value is -1.92. The molecule has 22 heavy (non-hydrogen) atoms. The van der Waals surface area contributed by atoms with Gasteiger partial charge in [-0.3, -0.25) is 14.5 Å². The van der Waals surface area contributed by atoms with Crippen molar-refractivity contribution in [2.45, 2.75) is 12.5 Å². The maximum absolute atomic E-state index is 12.5. The molecule has 5 nitrogen and oxygen atoms in total. The molecule has 116 valence electrons. The van der Waals surface area contributed by atoms with Crippen LogP contribution >= 0.6 is 11.3 Å². The molecular weight excluding hydrogens is 298 g/mol. The Kier molecular flexibility index (Phi) is 4.40. The Morgan fingerprint density at radius 3 is 2.77 bits per heavy atom. The van der Waals surface area contributed by atoms with E-state index in [-0.39, 0.29) is 10.8 Å². The summed E-state index contributed by atoms with van der Waals surface area (Å²) >= 11 is 1.03. The van der Waals surface area contributed by atoms with Gasteiger partial charge in [-0.25, -0.2) is 0 Å². The first-order chi connectivity index (χ1) is 10.6. The molecule has 0 aliphatic carbocycles. The summed E-state index contributed by atoms with van der Waals surface area (Å²) in [4.78, 5) is 30.2. The van der Waals surface area contributed by atoms with Gasteiger partial charge < -0.3 is 9.88 Å². The molecular formula is C16H19N3O2S. The number of carbonyl (C=O) groups excluding carboxylic acids is 1. The predicted octanol–water partition coefficient (Wildman–Crippen LogP) is 1.44. The predicted molar refractivity (Wildman–Crippen MR) is 87.4 cm³/mol. The van der Waals surface area contributed by atoms with Gasteiger partial charge in [0.2, 0.25) is 0 Å². The molecule has 2 heterocycles. The molecule has 1 atom stereocenters. The molecule has 1 aliphatic rings. The monoisotopic (exact) mass is 317 g/mol. The summed E-state index contributed by atoms with van der Waals surface area (Å²) < 4.78 is 0. The van der Waals surface area contributed by atoms with E-state index in [2.05, 4.69) is 29.1 Å². The van der Waals surface area contributed by atoms with E-state index in [1.165, 1.54) is 5.56 Å². The van der Waals surface area contributed by atoms with Crippen molar-refractivity contribution in [2.24, 2.45) is 0 Å². The maximum Gasteiger partial charge on any atom is 0.305 e. The second-order valence-corrected chi connectivity index (χ2v) is 6.48. The van der Waals surface area contributed by atoms with E-state index in [9.17, 15) is 9.59 Å². The fraction of sp³-hybridized carbons (Fsp3) is 0.375. The van der Waals surface area contributed by atoms with Crippen LogP contribution in [0.1, 0.15) is 16.1 Å². The minimum atomic E-state index is -0.182. The van der Waals surface area contributed by atoms with Crippen molar-refractivity contribution in [3.8, 4) is 0 Å². The normalized spacial score (nSPS) is 19.3. The zero-order chi connectivity index (χ0) is 15.5. The first-order valence-electron chi connectivity index (χ1n) is 7.35. The number of rotatable bonds is 3. The lowest BCUT2D eigenvalue weighted by Gasteiger charge is -2.39. The van der Waals surface area contributed by atoms with Gasteiger partial charge in [-0.15, -0.1) is 0 Å². The third-order valence-corrected chi connectivity index (χ3v) is 4.80. The van der Waals surface area contributed by atoms with Gasteiger partial charge in [0, 0.05) is 31.1 Å². The summed E-state index contributed by atoms with van der Waals surface area (Å²) in [6.45, 7) is 2.22. The maximum atomic E-state index is 12.5. The molecule has 2 aromatic rings. The summed E-state index contributed by atoms with van der Waals surface area (Å²) in [5.41, 5.74) is 1.68. The molecule has 0 spiro atoms. The highest BCUT2D eigenvalue weighted by molar-refractivity contribution is 7.07. The summed E-state index contributed by atoms with van der Waals surface area (Å²) in [7, 11) is 2.10. The molecule has 0 radical (unpaired) electrons. The van der Waals surface area contributed by atoms with E-state index in [0.29, 0.717) is 24.8 Å². The SMILES string of the molecule is CN1CCN(C(=O)c2csc(=O)[nH]2)C[C@H]1Cc1ccccc1. The standard InChI is InChI=1S/C16H19N3O2S/c1-18-7-8-19(15(20)14-11-22-16(21)17-14)10-13(18)9-12-5-3-2-4-6-12/h2-6,11,13H,7-10H2,1H3,(H,17,21)/t13-/m1/s1. The smallest absolute Gasteiger partial charge is 0.305 e. The third-order valence-electron chi connectivity index (χ3n) is 4.13. The number of likely N-dealkylation sites (N-methyl/N-ethyl adjacent to an activating group) is 1. The van der Waals surface area contributed by atoms with Gasteiger partial charge in [0.25, 0.3) is 5.91 Å². The zero-order valence-corrected chi connectivity index (χ0v) is 13.3. The Labute approximate surface area is 133 Å². The molecule has 1 aromatic carbocycles. The van der Waals surface area contributed by atoms with Gasteiger partial charge in [0.05, 0.1) is 0 Å². The molecule has 1 aromatic heterocycles. The van der Waals surface area contributed by atoms with Crippen LogP contribution in [0.15, 0.2) is 40.5 Å². The van der Waals surface area contributed by atoms with Crippen LogP contribution in [0.2, 0.25) is 0 Å². The van der Waals surface area contributed by atoms with Gasteiger partial charge >= 0.3 is 4.87 Å². The van der Waals surface area contributed by atoms with Crippen LogP contribution in [0.4, 0.5) is 0 Å². The molecule has 1 N–H and O–H groups in total. The number of aromatic amines is 1. The van der Waals surface area contributed by atoms with Crippen molar-refractivity contribution < 1.29 is 4.79 Å². The van der Waals surface area contributed by atoms with E-state index in [4.69, 9.17) is 0 Å². The number of aromatic nitrogens is 1. The number of nitrogens with zero attached hydrogens (tertiary/aromatic N) is 2. The number of benzene rings is 1. The molecule has 1 saturated heterocycles. The number of H-pyrrole nitrogens is 1. The van der Waals surface area contributed by atoms with Crippen molar-refractivity contribution in [1.82, 2.24) is 14.8 Å². The number of thiazole rings is 1. The van der Waals surface area contributed by atoms with E-state index < -0.39 is 0 Å². The lowest BCUT2D eigenvalue weighted by Crippen LogP contribution is -2.54. The number of hydrogen-bond acceptors (Lipinski definition) is 4. The summed E-state index contributed by atoms with van der Waals surface area (Å²) in [5, 5.41) is 1.61. The molecule has 0 unspecified atom stereocenters. The van der Waals surface area contributed by atoms with Crippen molar-refractivity contribution in [2.75, 3.05) is 26.7 Å². The van der Waals surface area contributed by atoms with Crippen molar-refractivity contribution in [3.63, 3.8) is 0 Å². The number of carbonyl (C=O) groups is 1. The number of nitrogens with one attached hydrogen (secondary N) is 1. The topological polar surface area (TPSA) is 56.4 Å². The molecule has 3 rings (SSSR count). The zero-order valence-electron chi connectivity index (χ0n) is 12.5. The lowest BCUT2D eigenvalue weighted by atomic mass is 10.0. The lowest BCUT2D eigenvalue weighted by molar-refractivity contribution is 0.0542. The largest absolute Gasteiger partial charge is 0.334 e. The third kappa shape index (κ3) is 3.28. The highest BCUT2D eigenvalue weighted by Gasteiger charge is 2.28.